The Kier molecular flexibility index (Phi) is 11.3. The van der Waals surface area contributed by atoms with Crippen LogP contribution < -0.4 is 9.80 Å². The average Bonchev–Trinajstić information content (AvgIpc) is 3.54. The molecule has 0 spiro atoms. The van der Waals surface area contributed by atoms with Gasteiger partial charge in [-0.3, -0.25) is 4.90 Å². The maximum Gasteiger partial charge on any atom is 0.416 e. The molecule has 3 heterocycles. The number of halogens is 9. The number of anilines is 2. The van der Waals surface area contributed by atoms with Gasteiger partial charge in [-0.1, -0.05) is 5.10 Å². The van der Waals surface area contributed by atoms with Gasteiger partial charge in [0.1, 0.15) is 5.60 Å². The van der Waals surface area contributed by atoms with Crippen LogP contribution in [0, 0.1) is 0 Å². The van der Waals surface area contributed by atoms with Crippen LogP contribution >= 0.6 is 0 Å². The van der Waals surface area contributed by atoms with Crippen LogP contribution in [-0.2, 0) is 34.5 Å². The van der Waals surface area contributed by atoms with Gasteiger partial charge in [0.15, 0.2) is 0 Å². The number of likely N-dealkylation sites (tertiary alicyclic amines) is 1. The van der Waals surface area contributed by atoms with Crippen molar-refractivity contribution in [3.05, 3.63) is 64.2 Å². The SMILES string of the molecule is CC(C)OC(=O)N1c2ccc(C(F)(F)F)cc2[C@@H](N(Cc2cc(C(F)(F)F)cc(C(F)(F)F)c2)c2nnn(C3CCN(C(=O)OC(C)(C)C)CC3)n2)C[C@H]1C. The van der Waals surface area contributed by atoms with E-state index in [0.29, 0.717) is 25.0 Å². The van der Waals surface area contributed by atoms with Crippen LogP contribution in [0.1, 0.15) is 101 Å². The van der Waals surface area contributed by atoms with Gasteiger partial charge in [-0.2, -0.15) is 44.3 Å². The summed E-state index contributed by atoms with van der Waals surface area (Å²) in [6.07, 6.45) is -16.8. The van der Waals surface area contributed by atoms with Crippen LogP contribution in [0.5, 0.6) is 0 Å². The Balaban J connectivity index is 1.60. The highest BCUT2D eigenvalue weighted by molar-refractivity contribution is 5.90. The van der Waals surface area contributed by atoms with E-state index in [-0.39, 0.29) is 42.8 Å². The number of tetrazole rings is 1. The molecule has 11 nitrogen and oxygen atoms in total. The fourth-order valence-corrected chi connectivity index (χ4v) is 6.56. The highest BCUT2D eigenvalue weighted by Gasteiger charge is 2.43. The fraction of sp³-hybridized carbons (Fsp3) is 0.571. The summed E-state index contributed by atoms with van der Waals surface area (Å²) in [6, 6.07) is 1.12. The Morgan fingerprint density at radius 1 is 0.855 bits per heavy atom. The largest absolute Gasteiger partial charge is 0.446 e. The maximum absolute atomic E-state index is 14.1. The number of ether oxygens (including phenoxy) is 2. The van der Waals surface area contributed by atoms with Crippen molar-refractivity contribution in [1.82, 2.24) is 25.1 Å². The number of fused-ring (bicyclic) bond motifs is 1. The van der Waals surface area contributed by atoms with Crippen LogP contribution in [0.15, 0.2) is 36.4 Å². The Morgan fingerprint density at radius 3 is 1.96 bits per heavy atom. The Morgan fingerprint density at radius 2 is 1.44 bits per heavy atom. The zero-order valence-corrected chi connectivity index (χ0v) is 30.7. The number of carbonyl (C=O) groups is 2. The molecular weight excluding hydrogens is 753 g/mol. The van der Waals surface area contributed by atoms with Gasteiger partial charge >= 0.3 is 30.7 Å². The first-order valence-electron chi connectivity index (χ1n) is 17.3. The summed E-state index contributed by atoms with van der Waals surface area (Å²) in [7, 11) is 0. The van der Waals surface area contributed by atoms with Crippen LogP contribution in [-0.4, -0.2) is 68.1 Å². The van der Waals surface area contributed by atoms with E-state index in [2.05, 4.69) is 15.4 Å². The highest BCUT2D eigenvalue weighted by atomic mass is 19.4. The van der Waals surface area contributed by atoms with Crippen molar-refractivity contribution in [1.29, 1.82) is 0 Å². The lowest BCUT2D eigenvalue weighted by atomic mass is 9.89. The summed E-state index contributed by atoms with van der Waals surface area (Å²) in [5.41, 5.74) is -5.67. The maximum atomic E-state index is 14.1. The fourth-order valence-electron chi connectivity index (χ4n) is 6.56. The van der Waals surface area contributed by atoms with Gasteiger partial charge in [0, 0.05) is 25.7 Å². The topological polar surface area (TPSA) is 106 Å². The van der Waals surface area contributed by atoms with Gasteiger partial charge in [0.05, 0.1) is 40.6 Å². The average molecular weight is 794 g/mol. The molecule has 0 saturated carbocycles. The number of nitrogens with zero attached hydrogens (tertiary/aromatic N) is 7. The van der Waals surface area contributed by atoms with E-state index in [1.807, 2.05) is 0 Å². The van der Waals surface area contributed by atoms with E-state index in [1.165, 1.54) is 14.6 Å². The number of rotatable bonds is 6. The number of aromatic nitrogens is 4. The number of carbonyl (C=O) groups excluding carboxylic acids is 2. The molecule has 2 atom stereocenters. The van der Waals surface area contributed by atoms with Crippen molar-refractivity contribution in [2.75, 3.05) is 22.9 Å². The monoisotopic (exact) mass is 793 g/mol. The molecule has 0 N–H and O–H groups in total. The molecule has 5 rings (SSSR count). The summed E-state index contributed by atoms with van der Waals surface area (Å²) in [5.74, 6) is -0.306. The van der Waals surface area contributed by atoms with Gasteiger partial charge in [-0.05, 0) is 114 Å². The Hall–Kier alpha value is -4.78. The third-order valence-corrected chi connectivity index (χ3v) is 9.01. The van der Waals surface area contributed by atoms with Crippen LogP contribution in [0.4, 0.5) is 60.7 Å². The van der Waals surface area contributed by atoms with E-state index in [0.717, 1.165) is 23.1 Å². The summed E-state index contributed by atoms with van der Waals surface area (Å²) in [5, 5.41) is 12.7. The lowest BCUT2D eigenvalue weighted by Gasteiger charge is -2.43. The molecule has 20 heteroatoms. The second-order valence-corrected chi connectivity index (χ2v) is 14.8. The Bertz CT molecular complexity index is 1830. The van der Waals surface area contributed by atoms with E-state index < -0.39 is 89.3 Å². The van der Waals surface area contributed by atoms with Gasteiger partial charge in [0.25, 0.3) is 5.95 Å². The summed E-state index contributed by atoms with van der Waals surface area (Å²) in [4.78, 5) is 30.9. The second-order valence-electron chi connectivity index (χ2n) is 14.8. The van der Waals surface area contributed by atoms with Crippen molar-refractivity contribution in [2.24, 2.45) is 0 Å². The quantitative estimate of drug-likeness (QED) is 0.228. The molecule has 1 saturated heterocycles. The first-order chi connectivity index (χ1) is 25.3. The number of amides is 2. The van der Waals surface area contributed by atoms with Crippen LogP contribution in [0.2, 0.25) is 0 Å². The lowest BCUT2D eigenvalue weighted by molar-refractivity contribution is -0.143. The van der Waals surface area contributed by atoms with Crippen molar-refractivity contribution in [3.63, 3.8) is 0 Å². The van der Waals surface area contributed by atoms with Crippen LogP contribution in [0.3, 0.4) is 0 Å². The normalized spacial score (nSPS) is 18.7. The molecule has 0 radical (unpaired) electrons. The zero-order chi connectivity index (χ0) is 40.8. The highest BCUT2D eigenvalue weighted by Crippen LogP contribution is 2.46. The number of hydrogen-bond acceptors (Lipinski definition) is 8. The van der Waals surface area contributed by atoms with Crippen LogP contribution in [0.25, 0.3) is 0 Å². The standard InChI is InChI=1S/C35H40F9N7O4/c1-19(2)54-31(53)50-20(3)13-28(26-17-22(33(36,37)38)7-8-27(26)50)49(18-21-14-23(34(39,40)41)16-24(15-21)35(42,43)44)29-45-47-51(46-29)25-9-11-48(12-10-25)30(52)55-32(4,5)6/h7-8,14-17,19-20,25,28H,9-13,18H2,1-6H3/t20-,28+/m1/s1. The molecular formula is C35H40F9N7O4. The molecule has 2 aliphatic heterocycles. The zero-order valence-electron chi connectivity index (χ0n) is 30.7. The van der Waals surface area contributed by atoms with Crippen molar-refractivity contribution in [2.45, 2.75) is 116 Å². The summed E-state index contributed by atoms with van der Waals surface area (Å²) < 4.78 is 137. The molecule has 2 aromatic carbocycles. The second kappa shape index (κ2) is 15.0. The van der Waals surface area contributed by atoms with E-state index >= 15 is 0 Å². The van der Waals surface area contributed by atoms with Gasteiger partial charge < -0.3 is 19.3 Å². The molecule has 2 aliphatic rings. The van der Waals surface area contributed by atoms with Crippen molar-refractivity contribution in [3.8, 4) is 0 Å². The summed E-state index contributed by atoms with van der Waals surface area (Å²) in [6.45, 7) is 9.62. The molecule has 1 fully saturated rings. The lowest BCUT2D eigenvalue weighted by Crippen LogP contribution is -2.47. The smallest absolute Gasteiger partial charge is 0.416 e. The van der Waals surface area contributed by atoms with Gasteiger partial charge in [0.2, 0.25) is 0 Å². The molecule has 302 valence electrons. The number of hydrogen-bond donors (Lipinski definition) is 0. The van der Waals surface area contributed by atoms with Gasteiger partial charge in [-0.25, -0.2) is 9.59 Å². The number of alkyl halides is 9. The molecule has 1 aromatic heterocycles. The molecule has 0 bridgehead atoms. The van der Waals surface area contributed by atoms with E-state index in [4.69, 9.17) is 9.47 Å². The third kappa shape index (κ3) is 9.73. The minimum atomic E-state index is -5.18. The van der Waals surface area contributed by atoms with E-state index in [1.54, 1.807) is 41.5 Å². The third-order valence-electron chi connectivity index (χ3n) is 9.01. The molecule has 0 unspecified atom stereocenters. The van der Waals surface area contributed by atoms with Crippen molar-refractivity contribution >= 4 is 23.8 Å². The predicted octanol–water partition coefficient (Wildman–Crippen LogP) is 9.19. The predicted molar refractivity (Wildman–Crippen MR) is 179 cm³/mol. The molecule has 3 aromatic rings. The number of piperidine rings is 1. The first-order valence-corrected chi connectivity index (χ1v) is 17.3. The summed E-state index contributed by atoms with van der Waals surface area (Å²) >= 11 is 0. The number of benzene rings is 2. The van der Waals surface area contributed by atoms with Gasteiger partial charge in [-0.15, -0.1) is 5.10 Å². The first kappa shape index (κ1) is 41.4. The minimum absolute atomic E-state index is 0.0191. The van der Waals surface area contributed by atoms with Crippen molar-refractivity contribution < 1.29 is 58.6 Å². The van der Waals surface area contributed by atoms with E-state index in [9.17, 15) is 49.1 Å². The molecule has 0 aliphatic carbocycles. The minimum Gasteiger partial charge on any atom is -0.446 e. The Labute approximate surface area is 310 Å². The molecule has 55 heavy (non-hydrogen) atoms. The molecule has 2 amide bonds.